The maximum absolute atomic E-state index is 12.6. The van der Waals surface area contributed by atoms with Gasteiger partial charge in [-0.1, -0.05) is 0 Å². The van der Waals surface area contributed by atoms with Crippen LogP contribution in [0.15, 0.2) is 18.2 Å². The maximum Gasteiger partial charge on any atom is 0.409 e. The van der Waals surface area contributed by atoms with Crippen molar-refractivity contribution >= 4 is 17.7 Å². The van der Waals surface area contributed by atoms with Crippen molar-refractivity contribution in [2.24, 2.45) is 0 Å². The van der Waals surface area contributed by atoms with E-state index in [0.29, 0.717) is 19.4 Å². The van der Waals surface area contributed by atoms with Gasteiger partial charge in [-0.05, 0) is 43.5 Å². The van der Waals surface area contributed by atoms with Gasteiger partial charge in [0.25, 0.3) is 0 Å². The average Bonchev–Trinajstić information content (AvgIpc) is 2.68. The van der Waals surface area contributed by atoms with Crippen molar-refractivity contribution in [1.82, 2.24) is 4.90 Å². The number of benzene rings is 1. The second-order valence-corrected chi connectivity index (χ2v) is 5.89. The fourth-order valence-corrected chi connectivity index (χ4v) is 3.01. The molecule has 0 radical (unpaired) electrons. The molecule has 0 saturated heterocycles. The molecule has 1 N–H and O–H groups in total. The number of phenols is 1. The molecule has 120 valence electrons. The molecule has 0 aliphatic carbocycles. The Morgan fingerprint density at radius 2 is 2.14 bits per heavy atom. The summed E-state index contributed by atoms with van der Waals surface area (Å²) in [6, 6.07) is 4.99. The zero-order valence-electron chi connectivity index (χ0n) is 13.4. The van der Waals surface area contributed by atoms with Crippen molar-refractivity contribution in [3.8, 4) is 5.75 Å². The Kier molecular flexibility index (Phi) is 4.30. The van der Waals surface area contributed by atoms with Crippen LogP contribution >= 0.6 is 0 Å². The molecule has 0 spiro atoms. The fourth-order valence-electron chi connectivity index (χ4n) is 3.01. The van der Waals surface area contributed by atoms with Gasteiger partial charge >= 0.3 is 6.09 Å². The largest absolute Gasteiger partial charge is 0.508 e. The highest BCUT2D eigenvalue weighted by Crippen LogP contribution is 2.45. The van der Waals surface area contributed by atoms with Gasteiger partial charge in [0.05, 0.1) is 12.5 Å². The van der Waals surface area contributed by atoms with Crippen LogP contribution in [0.5, 0.6) is 5.75 Å². The van der Waals surface area contributed by atoms with E-state index in [0.717, 1.165) is 11.3 Å². The molecular weight excluding hydrogens is 284 g/mol. The number of aromatic hydroxyl groups is 1. The number of phenolic OH excluding ortho intramolecular Hbond substituents is 1. The Bertz CT molecular complexity index is 602. The summed E-state index contributed by atoms with van der Waals surface area (Å²) >= 11 is 0. The van der Waals surface area contributed by atoms with E-state index in [4.69, 9.17) is 0 Å². The van der Waals surface area contributed by atoms with E-state index >= 15 is 0 Å². The standard InChI is InChI=1S/C16H22N2O4/c1-16(8-5-9-17(2)15(21)22-4)12-10-11(19)6-7-13(12)18(3)14(16)20/h6-7,10,19H,5,8-9H2,1-4H3/t16-/m1/s1. The molecule has 0 bridgehead atoms. The molecule has 0 saturated carbocycles. The minimum atomic E-state index is -0.681. The van der Waals surface area contributed by atoms with E-state index in [9.17, 15) is 14.7 Å². The molecule has 1 atom stereocenters. The summed E-state index contributed by atoms with van der Waals surface area (Å²) in [4.78, 5) is 27.1. The van der Waals surface area contributed by atoms with Crippen molar-refractivity contribution in [2.45, 2.75) is 25.2 Å². The first-order valence-corrected chi connectivity index (χ1v) is 7.22. The number of carbonyl (C=O) groups is 2. The lowest BCUT2D eigenvalue weighted by atomic mass is 9.79. The predicted molar refractivity (Wildman–Crippen MR) is 83.1 cm³/mol. The number of nitrogens with zero attached hydrogens (tertiary/aromatic N) is 2. The molecule has 1 aliphatic heterocycles. The molecule has 0 unspecified atom stereocenters. The molecule has 2 amide bonds. The third-order valence-electron chi connectivity index (χ3n) is 4.37. The minimum Gasteiger partial charge on any atom is -0.508 e. The molecule has 22 heavy (non-hydrogen) atoms. The second-order valence-electron chi connectivity index (χ2n) is 5.89. The Balaban J connectivity index is 2.15. The van der Waals surface area contributed by atoms with Gasteiger partial charge in [0.15, 0.2) is 0 Å². The summed E-state index contributed by atoms with van der Waals surface area (Å²) in [7, 11) is 4.75. The summed E-state index contributed by atoms with van der Waals surface area (Å²) < 4.78 is 4.65. The highest BCUT2D eigenvalue weighted by atomic mass is 16.5. The van der Waals surface area contributed by atoms with Crippen LogP contribution in [0, 0.1) is 0 Å². The predicted octanol–water partition coefficient (Wildman–Crippen LogP) is 2.10. The molecule has 1 aromatic rings. The van der Waals surface area contributed by atoms with Crippen LogP contribution in [0.2, 0.25) is 0 Å². The molecule has 1 aliphatic rings. The summed E-state index contributed by atoms with van der Waals surface area (Å²) in [5, 5.41) is 9.72. The van der Waals surface area contributed by atoms with Gasteiger partial charge in [0.2, 0.25) is 5.91 Å². The normalized spacial score (nSPS) is 20.0. The lowest BCUT2D eigenvalue weighted by Crippen LogP contribution is -2.37. The number of hydrogen-bond donors (Lipinski definition) is 1. The Hall–Kier alpha value is -2.24. The Morgan fingerprint density at radius 3 is 2.77 bits per heavy atom. The van der Waals surface area contributed by atoms with Crippen molar-refractivity contribution in [3.05, 3.63) is 23.8 Å². The number of rotatable bonds is 4. The van der Waals surface area contributed by atoms with Crippen molar-refractivity contribution in [1.29, 1.82) is 0 Å². The van der Waals surface area contributed by atoms with Crippen LogP contribution in [0.25, 0.3) is 0 Å². The molecule has 1 heterocycles. The van der Waals surface area contributed by atoms with Crippen LogP contribution in [0.3, 0.4) is 0 Å². The van der Waals surface area contributed by atoms with E-state index in [-0.39, 0.29) is 11.7 Å². The summed E-state index contributed by atoms with van der Waals surface area (Å²) in [5.74, 6) is 0.161. The lowest BCUT2D eigenvalue weighted by molar-refractivity contribution is -0.122. The van der Waals surface area contributed by atoms with E-state index in [1.54, 1.807) is 37.2 Å². The van der Waals surface area contributed by atoms with Gasteiger partial charge < -0.3 is 19.6 Å². The second kappa shape index (κ2) is 5.87. The van der Waals surface area contributed by atoms with E-state index in [1.165, 1.54) is 12.0 Å². The van der Waals surface area contributed by atoms with Crippen LogP contribution in [0.1, 0.15) is 25.3 Å². The molecule has 2 rings (SSSR count). The van der Waals surface area contributed by atoms with Crippen LogP contribution in [-0.2, 0) is 14.9 Å². The van der Waals surface area contributed by atoms with Gasteiger partial charge in [0, 0.05) is 26.3 Å². The fraction of sp³-hybridized carbons (Fsp3) is 0.500. The van der Waals surface area contributed by atoms with Crippen molar-refractivity contribution < 1.29 is 19.4 Å². The van der Waals surface area contributed by atoms with E-state index in [2.05, 4.69) is 4.74 Å². The summed E-state index contributed by atoms with van der Waals surface area (Å²) in [5.41, 5.74) is 0.979. The van der Waals surface area contributed by atoms with Crippen molar-refractivity contribution in [2.75, 3.05) is 32.6 Å². The van der Waals surface area contributed by atoms with E-state index in [1.807, 2.05) is 6.92 Å². The average molecular weight is 306 g/mol. The van der Waals surface area contributed by atoms with Crippen LogP contribution in [0.4, 0.5) is 10.5 Å². The number of likely N-dealkylation sites (N-methyl/N-ethyl adjacent to an activating group) is 1. The van der Waals surface area contributed by atoms with Gasteiger partial charge in [-0.25, -0.2) is 4.79 Å². The number of fused-ring (bicyclic) bond motifs is 1. The van der Waals surface area contributed by atoms with Crippen LogP contribution in [-0.4, -0.2) is 49.8 Å². The first kappa shape index (κ1) is 16.1. The van der Waals surface area contributed by atoms with Gasteiger partial charge in [-0.2, -0.15) is 0 Å². The maximum atomic E-state index is 12.6. The summed E-state index contributed by atoms with van der Waals surface area (Å²) in [6.45, 7) is 2.39. The minimum absolute atomic E-state index is 0.00817. The first-order valence-electron chi connectivity index (χ1n) is 7.22. The topological polar surface area (TPSA) is 70.1 Å². The Labute approximate surface area is 130 Å². The number of ether oxygens (including phenoxy) is 1. The third kappa shape index (κ3) is 2.61. The monoisotopic (exact) mass is 306 g/mol. The molecule has 0 aromatic heterocycles. The Morgan fingerprint density at radius 1 is 1.45 bits per heavy atom. The molecule has 6 nitrogen and oxygen atoms in total. The summed E-state index contributed by atoms with van der Waals surface area (Å²) in [6.07, 6.45) is 0.864. The highest BCUT2D eigenvalue weighted by molar-refractivity contribution is 6.07. The zero-order chi connectivity index (χ0) is 16.5. The zero-order valence-corrected chi connectivity index (χ0v) is 13.4. The lowest BCUT2D eigenvalue weighted by Gasteiger charge is -2.24. The number of amides is 2. The number of carbonyl (C=O) groups excluding carboxylic acids is 2. The molecule has 1 aromatic carbocycles. The highest BCUT2D eigenvalue weighted by Gasteiger charge is 2.45. The third-order valence-corrected chi connectivity index (χ3v) is 4.37. The number of hydrogen-bond acceptors (Lipinski definition) is 4. The van der Waals surface area contributed by atoms with E-state index < -0.39 is 11.5 Å². The molecular formula is C16H22N2O4. The molecule has 6 heteroatoms. The van der Waals surface area contributed by atoms with Gasteiger partial charge in [-0.15, -0.1) is 0 Å². The first-order chi connectivity index (χ1) is 10.3. The SMILES string of the molecule is COC(=O)N(C)CCC[C@@]1(C)C(=O)N(C)c2ccc(O)cc21. The number of anilines is 1. The smallest absolute Gasteiger partial charge is 0.409 e. The quantitative estimate of drug-likeness (QED) is 0.925. The van der Waals surface area contributed by atoms with Gasteiger partial charge in [0.1, 0.15) is 5.75 Å². The number of methoxy groups -OCH3 is 1. The van der Waals surface area contributed by atoms with Crippen molar-refractivity contribution in [3.63, 3.8) is 0 Å². The van der Waals surface area contributed by atoms with Crippen LogP contribution < -0.4 is 4.90 Å². The molecule has 0 fully saturated rings. The van der Waals surface area contributed by atoms with Gasteiger partial charge in [-0.3, -0.25) is 4.79 Å².